The monoisotopic (exact) mass is 489 g/mol. The molecular formula is C27H31N5O4. The topological polar surface area (TPSA) is 108 Å². The van der Waals surface area contributed by atoms with Gasteiger partial charge in [0.25, 0.3) is 5.56 Å². The summed E-state index contributed by atoms with van der Waals surface area (Å²) in [5.74, 6) is 0.117. The molecule has 36 heavy (non-hydrogen) atoms. The van der Waals surface area contributed by atoms with E-state index in [4.69, 9.17) is 0 Å². The van der Waals surface area contributed by atoms with Crippen molar-refractivity contribution in [3.63, 3.8) is 0 Å². The molecule has 2 unspecified atom stereocenters. The van der Waals surface area contributed by atoms with Crippen LogP contribution in [0, 0.1) is 11.8 Å². The van der Waals surface area contributed by atoms with Gasteiger partial charge in [-0.05, 0) is 56.2 Å². The first-order valence-electron chi connectivity index (χ1n) is 12.9. The van der Waals surface area contributed by atoms with Crippen LogP contribution >= 0.6 is 0 Å². The Morgan fingerprint density at radius 3 is 2.81 bits per heavy atom. The second-order valence-corrected chi connectivity index (χ2v) is 10.3. The molecule has 0 aromatic carbocycles. The maximum atomic E-state index is 13.7. The Morgan fingerprint density at radius 2 is 2.03 bits per heavy atom. The number of allylic oxidation sites excluding steroid dienone is 1. The van der Waals surface area contributed by atoms with Gasteiger partial charge in [0.15, 0.2) is 0 Å². The molecule has 4 aliphatic rings. The van der Waals surface area contributed by atoms with Gasteiger partial charge in [-0.15, -0.1) is 0 Å². The summed E-state index contributed by atoms with van der Waals surface area (Å²) < 4.78 is 1.43. The van der Waals surface area contributed by atoms with Crippen molar-refractivity contribution in [2.45, 2.75) is 51.2 Å². The van der Waals surface area contributed by atoms with Gasteiger partial charge in [-0.25, -0.2) is 4.98 Å². The molecule has 2 N–H and O–H groups in total. The van der Waals surface area contributed by atoms with Gasteiger partial charge in [-0.3, -0.25) is 19.3 Å². The van der Waals surface area contributed by atoms with Crippen LogP contribution in [0.1, 0.15) is 44.1 Å². The number of aromatic nitrogens is 2. The zero-order valence-corrected chi connectivity index (χ0v) is 20.4. The first-order valence-corrected chi connectivity index (χ1v) is 12.9. The van der Waals surface area contributed by atoms with Crippen molar-refractivity contribution in [2.24, 2.45) is 18.9 Å². The van der Waals surface area contributed by atoms with Gasteiger partial charge in [-0.2, -0.15) is 0 Å². The molecule has 0 spiro atoms. The minimum absolute atomic E-state index is 0.0188. The fourth-order valence-corrected chi connectivity index (χ4v) is 5.95. The third kappa shape index (κ3) is 3.82. The van der Waals surface area contributed by atoms with Gasteiger partial charge >= 0.3 is 0 Å². The molecule has 9 nitrogen and oxygen atoms in total. The predicted octanol–water partition coefficient (Wildman–Crippen LogP) is 2.39. The van der Waals surface area contributed by atoms with E-state index in [0.717, 1.165) is 32.2 Å². The predicted molar refractivity (Wildman–Crippen MR) is 135 cm³/mol. The van der Waals surface area contributed by atoms with Crippen LogP contribution in [0.5, 0.6) is 0 Å². The van der Waals surface area contributed by atoms with Crippen molar-refractivity contribution in [3.05, 3.63) is 52.2 Å². The van der Waals surface area contributed by atoms with Gasteiger partial charge in [0, 0.05) is 61.3 Å². The molecule has 3 aliphatic heterocycles. The van der Waals surface area contributed by atoms with Gasteiger partial charge in [0.2, 0.25) is 11.8 Å². The van der Waals surface area contributed by atoms with E-state index in [1.807, 2.05) is 0 Å². The van der Waals surface area contributed by atoms with Crippen LogP contribution in [0.3, 0.4) is 0 Å². The van der Waals surface area contributed by atoms with Crippen molar-refractivity contribution in [2.75, 3.05) is 23.3 Å². The van der Waals surface area contributed by atoms with Crippen LogP contribution in [0.15, 0.2) is 41.1 Å². The molecule has 9 heteroatoms. The lowest BCUT2D eigenvalue weighted by molar-refractivity contribution is -0.123. The van der Waals surface area contributed by atoms with Crippen molar-refractivity contribution in [3.8, 4) is 11.1 Å². The normalized spacial score (nSPS) is 23.3. The quantitative estimate of drug-likeness (QED) is 0.668. The molecule has 2 atom stereocenters. The number of fused-ring (bicyclic) bond motifs is 3. The number of aliphatic hydroxyl groups excluding tert-OH is 1. The van der Waals surface area contributed by atoms with E-state index in [0.29, 0.717) is 29.1 Å². The number of nitrogens with one attached hydrogen (secondary N) is 1. The lowest BCUT2D eigenvalue weighted by atomic mass is 9.92. The molecule has 2 saturated heterocycles. The summed E-state index contributed by atoms with van der Waals surface area (Å²) >= 11 is 0. The molecule has 6 rings (SSSR count). The van der Waals surface area contributed by atoms with Gasteiger partial charge < -0.3 is 19.9 Å². The number of anilines is 2. The van der Waals surface area contributed by atoms with E-state index in [9.17, 15) is 19.5 Å². The van der Waals surface area contributed by atoms with E-state index in [-0.39, 0.29) is 47.5 Å². The Labute approximate surface area is 209 Å². The number of piperidine rings is 2. The highest BCUT2D eigenvalue weighted by Crippen LogP contribution is 2.41. The van der Waals surface area contributed by atoms with E-state index in [1.54, 1.807) is 36.5 Å². The Hall–Kier alpha value is -3.46. The van der Waals surface area contributed by atoms with Crippen molar-refractivity contribution in [1.82, 2.24) is 14.5 Å². The van der Waals surface area contributed by atoms with E-state index >= 15 is 0 Å². The molecular weight excluding hydrogens is 458 g/mol. The molecule has 188 valence electrons. The highest BCUT2D eigenvalue weighted by molar-refractivity contribution is 5.99. The summed E-state index contributed by atoms with van der Waals surface area (Å²) in [5.41, 5.74) is 3.08. The Kier molecular flexibility index (Phi) is 5.67. The number of aliphatic hydroxyl groups is 1. The van der Waals surface area contributed by atoms with Crippen LogP contribution in [0.2, 0.25) is 0 Å². The molecule has 3 fully saturated rings. The summed E-state index contributed by atoms with van der Waals surface area (Å²) in [6, 6.07) is 3.64. The minimum Gasteiger partial charge on any atom is -0.392 e. The summed E-state index contributed by atoms with van der Waals surface area (Å²) in [6.45, 7) is 1.25. The standard InChI is InChI=1S/C27H31N5O4/c1-30-14-17(12-22(27(30)36)29-25(34)16-5-6-16)19-7-9-28-24(21(19)15-33)32-11-8-23-20(26(32)35)13-18-4-2-3-10-31(18)23/h7,9,12-14,16,20,23,33H,2-6,8,10-11,15H2,1H3,(H,29,34). The first kappa shape index (κ1) is 23.0. The van der Waals surface area contributed by atoms with Crippen LogP contribution in [-0.2, 0) is 23.2 Å². The highest BCUT2D eigenvalue weighted by Gasteiger charge is 2.45. The lowest BCUT2D eigenvalue weighted by Crippen LogP contribution is -2.51. The molecule has 2 aromatic heterocycles. The number of carbonyl (C=O) groups is 2. The Balaban J connectivity index is 1.35. The van der Waals surface area contributed by atoms with Crippen LogP contribution < -0.4 is 15.8 Å². The third-order valence-electron chi connectivity index (χ3n) is 7.98. The van der Waals surface area contributed by atoms with Crippen LogP contribution in [0.4, 0.5) is 11.5 Å². The number of rotatable bonds is 5. The van der Waals surface area contributed by atoms with E-state index < -0.39 is 0 Å². The van der Waals surface area contributed by atoms with Crippen molar-refractivity contribution in [1.29, 1.82) is 0 Å². The molecule has 0 radical (unpaired) electrons. The Morgan fingerprint density at radius 1 is 1.19 bits per heavy atom. The second-order valence-electron chi connectivity index (χ2n) is 10.3. The molecule has 2 amide bonds. The molecule has 2 aromatic rings. The van der Waals surface area contributed by atoms with Crippen LogP contribution in [0.25, 0.3) is 11.1 Å². The third-order valence-corrected chi connectivity index (χ3v) is 7.98. The number of pyridine rings is 2. The summed E-state index contributed by atoms with van der Waals surface area (Å²) in [6.07, 6.45) is 11.4. The molecule has 0 bridgehead atoms. The highest BCUT2D eigenvalue weighted by atomic mass is 16.3. The zero-order valence-electron chi connectivity index (χ0n) is 20.4. The van der Waals surface area contributed by atoms with Gasteiger partial charge in [0.1, 0.15) is 11.5 Å². The Bertz CT molecular complexity index is 1330. The average Bonchev–Trinajstić information content (AvgIpc) is 3.67. The van der Waals surface area contributed by atoms with Crippen molar-refractivity contribution >= 4 is 23.3 Å². The fraction of sp³-hybridized carbons (Fsp3) is 0.481. The number of nitrogens with zero attached hydrogens (tertiary/aromatic N) is 4. The summed E-state index contributed by atoms with van der Waals surface area (Å²) in [4.78, 5) is 47.3. The number of hydrogen-bond acceptors (Lipinski definition) is 6. The van der Waals surface area contributed by atoms with Crippen LogP contribution in [-0.4, -0.2) is 50.5 Å². The minimum atomic E-state index is -0.309. The number of hydrogen-bond donors (Lipinski definition) is 2. The lowest BCUT2D eigenvalue weighted by Gasteiger charge is -2.40. The maximum absolute atomic E-state index is 13.7. The maximum Gasteiger partial charge on any atom is 0.274 e. The number of amides is 2. The number of aryl methyl sites for hydroxylation is 1. The smallest absolute Gasteiger partial charge is 0.274 e. The molecule has 1 aliphatic carbocycles. The average molecular weight is 490 g/mol. The zero-order chi connectivity index (χ0) is 25.0. The van der Waals surface area contributed by atoms with Gasteiger partial charge in [-0.1, -0.05) is 6.08 Å². The molecule has 1 saturated carbocycles. The largest absolute Gasteiger partial charge is 0.392 e. The van der Waals surface area contributed by atoms with Gasteiger partial charge in [0.05, 0.1) is 12.5 Å². The first-order chi connectivity index (χ1) is 17.5. The second kappa shape index (κ2) is 8.89. The van der Waals surface area contributed by atoms with E-state index in [2.05, 4.69) is 21.3 Å². The summed E-state index contributed by atoms with van der Waals surface area (Å²) in [7, 11) is 1.63. The van der Waals surface area contributed by atoms with E-state index in [1.165, 1.54) is 23.1 Å². The fourth-order valence-electron chi connectivity index (χ4n) is 5.95. The van der Waals surface area contributed by atoms with Crippen molar-refractivity contribution < 1.29 is 14.7 Å². The molecule has 5 heterocycles. The SMILES string of the molecule is Cn1cc(-c2ccnc(N3CCC4C(C=C5CCCCN54)C3=O)c2CO)cc(NC(=O)C2CC2)c1=O. The number of carbonyl (C=O) groups excluding carboxylic acids is 2. The summed E-state index contributed by atoms with van der Waals surface area (Å²) in [5, 5.41) is 13.2.